The number of carbonyl (C=O) groups is 1. The monoisotopic (exact) mass is 698 g/mol. The molecule has 4 aliphatic heterocycles. The predicted octanol–water partition coefficient (Wildman–Crippen LogP) is 5.96. The second-order valence-corrected chi connectivity index (χ2v) is 15.5. The third-order valence-electron chi connectivity index (χ3n) is 12.0. The number of likely N-dealkylation sites (tertiary alicyclic amines) is 2. The van der Waals surface area contributed by atoms with E-state index in [0.717, 1.165) is 61.1 Å². The van der Waals surface area contributed by atoms with Crippen molar-refractivity contribution in [1.29, 1.82) is 0 Å². The van der Waals surface area contributed by atoms with Crippen LogP contribution in [0.15, 0.2) is 43.6 Å². The fraction of sp³-hybridized carbons (Fsp3) is 0.474. The van der Waals surface area contributed by atoms with Gasteiger partial charge in [0, 0.05) is 80.2 Å². The van der Waals surface area contributed by atoms with Gasteiger partial charge in [0.1, 0.15) is 11.3 Å². The van der Waals surface area contributed by atoms with Crippen molar-refractivity contribution >= 4 is 45.6 Å². The van der Waals surface area contributed by atoms with Gasteiger partial charge in [0.2, 0.25) is 11.9 Å². The molecule has 5 aliphatic rings. The first kappa shape index (κ1) is 32.3. The Hall–Kier alpha value is -4.65. The molecule has 0 unspecified atom stereocenters. The molecule has 6 heterocycles. The first-order chi connectivity index (χ1) is 24.5. The smallest absolute Gasteiger partial charge is 0.422 e. The lowest BCUT2D eigenvalue weighted by molar-refractivity contribution is -0.153. The highest BCUT2D eigenvalue weighted by atomic mass is 19.4. The molecule has 1 saturated carbocycles. The maximum atomic E-state index is 14.0. The number of piperidine rings is 1. The minimum Gasteiger partial charge on any atom is -0.481 e. The van der Waals surface area contributed by atoms with E-state index >= 15 is 0 Å². The second kappa shape index (κ2) is 11.4. The Morgan fingerprint density at radius 2 is 1.73 bits per heavy atom. The van der Waals surface area contributed by atoms with E-state index < -0.39 is 12.8 Å². The van der Waals surface area contributed by atoms with Gasteiger partial charge in [-0.05, 0) is 72.9 Å². The highest BCUT2D eigenvalue weighted by molar-refractivity contribution is 6.07. The Morgan fingerprint density at radius 3 is 2.39 bits per heavy atom. The summed E-state index contributed by atoms with van der Waals surface area (Å²) in [6, 6.07) is 6.19. The third kappa shape index (κ3) is 5.42. The number of hydrogen-bond acceptors (Lipinski definition) is 8. The normalized spacial score (nSPS) is 21.1. The zero-order chi connectivity index (χ0) is 35.3. The van der Waals surface area contributed by atoms with Crippen LogP contribution >= 0.6 is 0 Å². The summed E-state index contributed by atoms with van der Waals surface area (Å²) in [6.45, 7) is 14.8. The van der Waals surface area contributed by atoms with Gasteiger partial charge < -0.3 is 19.4 Å². The largest absolute Gasteiger partial charge is 0.481 e. The van der Waals surface area contributed by atoms with Crippen LogP contribution in [0.25, 0.3) is 39.0 Å². The molecule has 1 aliphatic carbocycles. The van der Waals surface area contributed by atoms with Crippen LogP contribution in [-0.4, -0.2) is 107 Å². The number of halogens is 3. The Balaban J connectivity index is 1.16. The lowest BCUT2D eigenvalue weighted by atomic mass is 9.72. The van der Waals surface area contributed by atoms with E-state index in [1.807, 2.05) is 30.0 Å². The number of aromatic amines is 1. The van der Waals surface area contributed by atoms with Crippen LogP contribution in [0.5, 0.6) is 5.75 Å². The average Bonchev–Trinajstić information content (AvgIpc) is 3.72. The number of fused-ring (bicyclic) bond motifs is 2. The Morgan fingerprint density at radius 1 is 1.00 bits per heavy atom. The summed E-state index contributed by atoms with van der Waals surface area (Å²) < 4.78 is 47.8. The van der Waals surface area contributed by atoms with Crippen LogP contribution in [-0.2, 0) is 4.79 Å². The van der Waals surface area contributed by atoms with Gasteiger partial charge in [-0.1, -0.05) is 25.3 Å². The van der Waals surface area contributed by atoms with Crippen LogP contribution in [0.2, 0.25) is 0 Å². The number of carbonyl (C=O) groups excluding carboxylic acids is 1. The molecule has 0 atom stereocenters. The number of nitrogens with one attached hydrogen (secondary N) is 1. The Labute approximate surface area is 293 Å². The molecule has 0 bridgehead atoms. The Kier molecular flexibility index (Phi) is 7.23. The number of aryl methyl sites for hydroxylation is 1. The van der Waals surface area contributed by atoms with E-state index in [9.17, 15) is 18.0 Å². The average molecular weight is 699 g/mol. The lowest BCUT2D eigenvalue weighted by Gasteiger charge is -2.54. The molecule has 1 amide bonds. The van der Waals surface area contributed by atoms with Gasteiger partial charge in [-0.15, -0.1) is 0 Å². The minimum absolute atomic E-state index is 0.0445. The molecule has 51 heavy (non-hydrogen) atoms. The van der Waals surface area contributed by atoms with Crippen molar-refractivity contribution in [3.8, 4) is 16.9 Å². The highest BCUT2D eigenvalue weighted by Gasteiger charge is 2.55. The molecule has 9 rings (SSSR count). The van der Waals surface area contributed by atoms with Crippen molar-refractivity contribution in [2.75, 3.05) is 68.8 Å². The number of alkyl halides is 3. The van der Waals surface area contributed by atoms with Crippen molar-refractivity contribution in [1.82, 2.24) is 30.0 Å². The second-order valence-electron chi connectivity index (χ2n) is 15.5. The summed E-state index contributed by atoms with van der Waals surface area (Å²) in [5.74, 6) is 1.18. The molecular formula is C38H41F3N8O2. The van der Waals surface area contributed by atoms with Crippen molar-refractivity contribution in [3.05, 3.63) is 54.8 Å². The minimum atomic E-state index is -4.57. The van der Waals surface area contributed by atoms with Gasteiger partial charge in [0.25, 0.3) is 0 Å². The van der Waals surface area contributed by atoms with Gasteiger partial charge in [0.05, 0.1) is 11.7 Å². The van der Waals surface area contributed by atoms with Crippen molar-refractivity contribution in [2.45, 2.75) is 44.8 Å². The molecule has 1 N–H and O–H groups in total. The molecule has 5 fully saturated rings. The van der Waals surface area contributed by atoms with E-state index in [1.54, 1.807) is 12.3 Å². The summed E-state index contributed by atoms with van der Waals surface area (Å²) >= 11 is 0. The molecule has 4 saturated heterocycles. The molecule has 266 valence electrons. The van der Waals surface area contributed by atoms with Crippen LogP contribution in [0, 0.1) is 17.8 Å². The third-order valence-corrected chi connectivity index (χ3v) is 12.0. The number of hydrogen-bond donors (Lipinski definition) is 1. The molecule has 2 aromatic heterocycles. The zero-order valence-electron chi connectivity index (χ0n) is 28.7. The van der Waals surface area contributed by atoms with E-state index in [1.165, 1.54) is 18.9 Å². The molecule has 2 aromatic carbocycles. The number of benzene rings is 2. The summed E-state index contributed by atoms with van der Waals surface area (Å²) in [7, 11) is 0. The van der Waals surface area contributed by atoms with Gasteiger partial charge >= 0.3 is 6.18 Å². The molecule has 10 nitrogen and oxygen atoms in total. The van der Waals surface area contributed by atoms with Crippen LogP contribution in [0.3, 0.4) is 0 Å². The number of amides is 1. The molecule has 4 aromatic rings. The molecular weight excluding hydrogens is 657 g/mol. The lowest BCUT2D eigenvalue weighted by Crippen LogP contribution is -2.66. The first-order valence-electron chi connectivity index (χ1n) is 17.8. The maximum absolute atomic E-state index is 14.0. The number of nitrogens with zero attached hydrogens (tertiary/aromatic N) is 7. The summed E-state index contributed by atoms with van der Waals surface area (Å²) in [5.41, 5.74) is 4.39. The topological polar surface area (TPSA) is 93.7 Å². The molecule has 2 spiro atoms. The summed E-state index contributed by atoms with van der Waals surface area (Å²) in [6.07, 6.45) is 4.50. The summed E-state index contributed by atoms with van der Waals surface area (Å²) in [5, 5.41) is 8.62. The van der Waals surface area contributed by atoms with E-state index in [-0.39, 0.29) is 17.1 Å². The van der Waals surface area contributed by atoms with Gasteiger partial charge in [-0.3, -0.25) is 14.8 Å². The van der Waals surface area contributed by atoms with E-state index in [2.05, 4.69) is 38.1 Å². The fourth-order valence-electron chi connectivity index (χ4n) is 8.76. The number of aromatic nitrogens is 4. The number of H-pyrrole nitrogens is 1. The van der Waals surface area contributed by atoms with Crippen LogP contribution in [0.1, 0.15) is 36.8 Å². The van der Waals surface area contributed by atoms with Crippen LogP contribution < -0.4 is 14.5 Å². The number of anilines is 2. The van der Waals surface area contributed by atoms with Crippen LogP contribution in [0.4, 0.5) is 24.9 Å². The van der Waals surface area contributed by atoms with Crippen molar-refractivity contribution in [3.63, 3.8) is 0 Å². The molecule has 0 radical (unpaired) electrons. The fourth-order valence-corrected chi connectivity index (χ4v) is 8.76. The predicted molar refractivity (Wildman–Crippen MR) is 191 cm³/mol. The van der Waals surface area contributed by atoms with Crippen molar-refractivity contribution in [2.24, 2.45) is 10.8 Å². The van der Waals surface area contributed by atoms with E-state index in [0.29, 0.717) is 71.4 Å². The first-order valence-corrected chi connectivity index (χ1v) is 17.8. The highest BCUT2D eigenvalue weighted by Crippen LogP contribution is 2.54. The zero-order valence-corrected chi connectivity index (χ0v) is 28.7. The number of ether oxygens (including phenoxy) is 1. The van der Waals surface area contributed by atoms with Crippen molar-refractivity contribution < 1.29 is 22.7 Å². The summed E-state index contributed by atoms with van der Waals surface area (Å²) in [4.78, 5) is 31.2. The SMILES string of the molecule is C=CC(=O)N1CC2(CCN(c3nc(N4CC(N5CC6(CC6)C5)C4)nc4c(OCC(F)(F)F)c(-c5c(C)ccc6[nH]ncc56)c(C=C)cc34)CC2)C1. The molecule has 13 heteroatoms. The van der Waals surface area contributed by atoms with Gasteiger partial charge in [0.15, 0.2) is 12.4 Å². The van der Waals surface area contributed by atoms with E-state index in [4.69, 9.17) is 14.7 Å². The van der Waals surface area contributed by atoms with Gasteiger partial charge in [-0.25, -0.2) is 4.98 Å². The maximum Gasteiger partial charge on any atom is 0.422 e. The standard InChI is InChI=1S/C38H41F3N8O2/c1-4-24-14-26-32(33(51-22-38(39,40)41)31(24)30-23(3)6-7-28-27(30)15-42-45-28)43-35(47-16-25(17-47)48-18-36(19-48)8-9-36)44-34(26)46-12-10-37(11-13-46)20-49(21-37)29(50)5-2/h4-7,14-15,25H,1-2,8-13,16-22H2,3H3,(H,42,45). The van der Waals surface area contributed by atoms with Gasteiger partial charge in [-0.2, -0.15) is 23.3 Å². The quantitative estimate of drug-likeness (QED) is 0.226. The number of rotatable bonds is 8. The Bertz CT molecular complexity index is 2080.